The van der Waals surface area contributed by atoms with Crippen molar-refractivity contribution >= 4 is 0 Å². The topological polar surface area (TPSA) is 134 Å². The Kier molecular flexibility index (Phi) is 21.8. The lowest BCUT2D eigenvalue weighted by Crippen LogP contribution is -2.14. The first-order chi connectivity index (χ1) is 12.4. The second kappa shape index (κ2) is 22.8. The van der Waals surface area contributed by atoms with E-state index in [1.807, 2.05) is 0 Å². The zero-order valence-electron chi connectivity index (χ0n) is 14.5. The first kappa shape index (κ1) is 23.8. The molecule has 0 aliphatic rings. The minimum atomic E-state index is 0.0253. The van der Waals surface area contributed by atoms with Crippen molar-refractivity contribution in [3.63, 3.8) is 0 Å². The first-order valence-electron chi connectivity index (χ1n) is 8.15. The molecule has 1 N–H and O–H groups in total. The van der Waals surface area contributed by atoms with Gasteiger partial charge in [-0.05, 0) is 5.53 Å². The van der Waals surface area contributed by atoms with Crippen molar-refractivity contribution in [1.29, 1.82) is 0 Å². The van der Waals surface area contributed by atoms with Crippen molar-refractivity contribution in [2.75, 3.05) is 92.5 Å². The van der Waals surface area contributed by atoms with Crippen LogP contribution in [-0.2, 0) is 33.3 Å². The van der Waals surface area contributed by atoms with Gasteiger partial charge in [-0.2, -0.15) is 0 Å². The number of azide groups is 1. The molecule has 148 valence electrons. The molecule has 0 aromatic heterocycles. The standard InChI is InChI=1S/C14H29N3O8/c15-16-17-25-14-13-24-12-11-23-10-9-22-8-7-21-6-5-20-4-3-19-2-1-18/h18H,1-14H2. The third kappa shape index (κ3) is 22.8. The van der Waals surface area contributed by atoms with Gasteiger partial charge in [0.25, 0.3) is 0 Å². The van der Waals surface area contributed by atoms with Crippen LogP contribution in [0.25, 0.3) is 10.4 Å². The molecule has 0 unspecified atom stereocenters. The monoisotopic (exact) mass is 367 g/mol. The van der Waals surface area contributed by atoms with Gasteiger partial charge in [-0.3, -0.25) is 0 Å². The summed E-state index contributed by atoms with van der Waals surface area (Å²) in [6.45, 7) is 5.74. The van der Waals surface area contributed by atoms with E-state index in [9.17, 15) is 0 Å². The molecule has 0 saturated heterocycles. The van der Waals surface area contributed by atoms with Gasteiger partial charge in [0.05, 0.1) is 85.9 Å². The average Bonchev–Trinajstić information content (AvgIpc) is 2.63. The fraction of sp³-hybridized carbons (Fsp3) is 1.00. The van der Waals surface area contributed by atoms with Crippen molar-refractivity contribution in [3.05, 3.63) is 10.4 Å². The highest BCUT2D eigenvalue weighted by Crippen LogP contribution is 1.85. The van der Waals surface area contributed by atoms with Gasteiger partial charge in [0.1, 0.15) is 11.9 Å². The van der Waals surface area contributed by atoms with Gasteiger partial charge < -0.3 is 38.4 Å². The summed E-state index contributed by atoms with van der Waals surface area (Å²) in [6.07, 6.45) is 0. The van der Waals surface area contributed by atoms with Crippen molar-refractivity contribution in [2.45, 2.75) is 0 Å². The van der Waals surface area contributed by atoms with Crippen LogP contribution in [0.3, 0.4) is 0 Å². The van der Waals surface area contributed by atoms with E-state index in [0.717, 1.165) is 0 Å². The van der Waals surface area contributed by atoms with Crippen LogP contribution in [-0.4, -0.2) is 97.6 Å². The van der Waals surface area contributed by atoms with Gasteiger partial charge in [0.2, 0.25) is 0 Å². The van der Waals surface area contributed by atoms with E-state index < -0.39 is 0 Å². The fourth-order valence-corrected chi connectivity index (χ4v) is 1.43. The van der Waals surface area contributed by atoms with Gasteiger partial charge in [0.15, 0.2) is 0 Å². The van der Waals surface area contributed by atoms with Gasteiger partial charge in [-0.1, -0.05) is 0 Å². The van der Waals surface area contributed by atoms with E-state index in [0.29, 0.717) is 79.3 Å². The SMILES string of the molecule is [N-]=[N+]=NOCCOCCOCCOCCOCCOCCOCCO. The van der Waals surface area contributed by atoms with Gasteiger partial charge in [0, 0.05) is 4.91 Å². The Morgan fingerprint density at radius 1 is 0.560 bits per heavy atom. The molecule has 0 bridgehead atoms. The van der Waals surface area contributed by atoms with Crippen LogP contribution in [0.4, 0.5) is 0 Å². The third-order valence-corrected chi connectivity index (χ3v) is 2.51. The van der Waals surface area contributed by atoms with Gasteiger partial charge >= 0.3 is 0 Å². The maximum absolute atomic E-state index is 8.50. The Morgan fingerprint density at radius 2 is 0.880 bits per heavy atom. The lowest BCUT2D eigenvalue weighted by Gasteiger charge is -2.08. The number of ether oxygens (including phenoxy) is 6. The molecule has 0 radical (unpaired) electrons. The Hall–Kier alpha value is -1.17. The van der Waals surface area contributed by atoms with Crippen molar-refractivity contribution in [1.82, 2.24) is 0 Å². The molecule has 0 aromatic carbocycles. The molecular weight excluding hydrogens is 338 g/mol. The quantitative estimate of drug-likeness (QED) is 0.101. The molecule has 0 heterocycles. The van der Waals surface area contributed by atoms with Crippen LogP contribution >= 0.6 is 0 Å². The van der Waals surface area contributed by atoms with Crippen molar-refractivity contribution in [2.24, 2.45) is 5.28 Å². The molecule has 0 rings (SSSR count). The Labute approximate surface area is 147 Å². The van der Waals surface area contributed by atoms with Crippen LogP contribution in [0, 0.1) is 0 Å². The Balaban J connectivity index is 2.97. The van der Waals surface area contributed by atoms with E-state index in [4.69, 9.17) is 39.1 Å². The highest BCUT2D eigenvalue weighted by molar-refractivity contribution is 4.37. The summed E-state index contributed by atoms with van der Waals surface area (Å²) in [4.78, 5) is 6.94. The lowest BCUT2D eigenvalue weighted by molar-refractivity contribution is -0.0215. The summed E-state index contributed by atoms with van der Waals surface area (Å²) in [6, 6.07) is 0. The molecule has 11 heteroatoms. The minimum Gasteiger partial charge on any atom is -0.431 e. The molecule has 0 aliphatic heterocycles. The van der Waals surface area contributed by atoms with Crippen LogP contribution in [0.15, 0.2) is 5.28 Å². The summed E-state index contributed by atoms with van der Waals surface area (Å²) in [5.41, 5.74) is 7.96. The van der Waals surface area contributed by atoms with E-state index >= 15 is 0 Å². The summed E-state index contributed by atoms with van der Waals surface area (Å²) in [5, 5.41) is 11.4. The zero-order chi connectivity index (χ0) is 18.3. The number of hydrogen-bond acceptors (Lipinski definition) is 9. The van der Waals surface area contributed by atoms with Crippen LogP contribution in [0.5, 0.6) is 0 Å². The van der Waals surface area contributed by atoms with E-state index in [1.165, 1.54) is 0 Å². The summed E-state index contributed by atoms with van der Waals surface area (Å²) in [5.74, 6) is 0. The van der Waals surface area contributed by atoms with Crippen LogP contribution in [0.1, 0.15) is 0 Å². The number of rotatable bonds is 21. The molecular formula is C14H29N3O8. The minimum absolute atomic E-state index is 0.0253. The lowest BCUT2D eigenvalue weighted by atomic mass is 10.7. The highest BCUT2D eigenvalue weighted by Gasteiger charge is 1.94. The highest BCUT2D eigenvalue weighted by atomic mass is 16.7. The van der Waals surface area contributed by atoms with Gasteiger partial charge in [-0.25, -0.2) is 0 Å². The molecule has 11 nitrogen and oxygen atoms in total. The number of hydrogen-bond donors (Lipinski definition) is 1. The summed E-state index contributed by atoms with van der Waals surface area (Å²) >= 11 is 0. The molecule has 0 amide bonds. The molecule has 0 atom stereocenters. The zero-order valence-corrected chi connectivity index (χ0v) is 14.5. The summed E-state index contributed by atoms with van der Waals surface area (Å²) in [7, 11) is 0. The van der Waals surface area contributed by atoms with Crippen LogP contribution in [0.2, 0.25) is 0 Å². The number of aliphatic hydroxyl groups is 1. The van der Waals surface area contributed by atoms with E-state index in [-0.39, 0.29) is 13.2 Å². The largest absolute Gasteiger partial charge is 0.431 e. The van der Waals surface area contributed by atoms with Gasteiger partial charge in [-0.15, -0.1) is 0 Å². The second-order valence-electron chi connectivity index (χ2n) is 4.40. The smallest absolute Gasteiger partial charge is 0.120 e. The molecule has 0 fully saturated rings. The fourth-order valence-electron chi connectivity index (χ4n) is 1.43. The predicted molar refractivity (Wildman–Crippen MR) is 87.1 cm³/mol. The maximum atomic E-state index is 8.50. The molecule has 25 heavy (non-hydrogen) atoms. The molecule has 0 saturated carbocycles. The third-order valence-electron chi connectivity index (χ3n) is 2.51. The molecule has 0 aromatic rings. The van der Waals surface area contributed by atoms with Crippen LogP contribution < -0.4 is 0 Å². The van der Waals surface area contributed by atoms with Crippen molar-refractivity contribution < 1.29 is 38.4 Å². The molecule has 0 spiro atoms. The second-order valence-corrected chi connectivity index (χ2v) is 4.40. The van der Waals surface area contributed by atoms with Crippen molar-refractivity contribution in [3.8, 4) is 0 Å². The predicted octanol–water partition coefficient (Wildman–Crippen LogP) is 0.320. The van der Waals surface area contributed by atoms with E-state index in [2.05, 4.69) is 15.0 Å². The molecule has 0 aliphatic carbocycles. The number of nitrogens with zero attached hydrogens (tertiary/aromatic N) is 3. The normalized spacial score (nSPS) is 10.6. The average molecular weight is 367 g/mol. The number of aliphatic hydroxyl groups excluding tert-OH is 1. The Bertz CT molecular complexity index is 306. The van der Waals surface area contributed by atoms with E-state index in [1.54, 1.807) is 0 Å². The maximum Gasteiger partial charge on any atom is 0.120 e. The summed E-state index contributed by atoms with van der Waals surface area (Å²) < 4.78 is 31.4. The Morgan fingerprint density at radius 3 is 1.20 bits per heavy atom. The first-order valence-corrected chi connectivity index (χ1v) is 8.15.